The van der Waals surface area contributed by atoms with Crippen molar-refractivity contribution in [3.8, 4) is 5.75 Å². The van der Waals surface area contributed by atoms with Gasteiger partial charge >= 0.3 is 0 Å². The fraction of sp³-hybridized carbons (Fsp3) is 0.182. The average molecular weight is 392 g/mol. The lowest BCUT2D eigenvalue weighted by Crippen LogP contribution is -2.56. The molecule has 1 aliphatic rings. The Morgan fingerprint density at radius 2 is 1.79 bits per heavy atom. The van der Waals surface area contributed by atoms with E-state index in [0.29, 0.717) is 11.4 Å². The van der Waals surface area contributed by atoms with Crippen LogP contribution in [0.25, 0.3) is 0 Å². The minimum atomic E-state index is -0.708. The minimum Gasteiger partial charge on any atom is -0.495 e. The molecule has 0 bridgehead atoms. The van der Waals surface area contributed by atoms with Gasteiger partial charge < -0.3 is 4.74 Å². The molecule has 1 atom stereocenters. The number of hydrogen-bond donors (Lipinski definition) is 0. The Labute approximate surface area is 167 Å². The molecule has 1 saturated heterocycles. The van der Waals surface area contributed by atoms with Crippen molar-refractivity contribution in [3.05, 3.63) is 76.5 Å². The Morgan fingerprint density at radius 1 is 1.04 bits per heavy atom. The third-order valence-corrected chi connectivity index (χ3v) is 5.57. The van der Waals surface area contributed by atoms with Crippen LogP contribution >= 0.6 is 11.3 Å². The number of rotatable bonds is 4. The fourth-order valence-corrected chi connectivity index (χ4v) is 4.15. The summed E-state index contributed by atoms with van der Waals surface area (Å²) in [6, 6.07) is 16.1. The highest BCUT2D eigenvalue weighted by Crippen LogP contribution is 2.37. The summed E-state index contributed by atoms with van der Waals surface area (Å²) in [7, 11) is 1.56. The standard InChI is InChI=1S/C22H20N2O3S/c1-15-7-9-17(10-8-15)24-20(25)13-23(18-5-3-4-6-19(18)27-2)22(26)21(24)16-11-12-28-14-16/h3-12,14,21H,13H2,1-2H3/t21-/m1/s1. The number of carbonyl (C=O) groups excluding carboxylic acids is 2. The molecule has 1 aromatic heterocycles. The van der Waals surface area contributed by atoms with Crippen molar-refractivity contribution in [1.82, 2.24) is 0 Å². The molecule has 0 saturated carbocycles. The van der Waals surface area contributed by atoms with Gasteiger partial charge in [-0.15, -0.1) is 0 Å². The first-order valence-corrected chi connectivity index (χ1v) is 9.89. The summed E-state index contributed by atoms with van der Waals surface area (Å²) in [5.41, 5.74) is 3.23. The van der Waals surface area contributed by atoms with E-state index in [2.05, 4.69) is 0 Å². The van der Waals surface area contributed by atoms with E-state index in [0.717, 1.165) is 16.8 Å². The van der Waals surface area contributed by atoms with E-state index >= 15 is 0 Å². The zero-order valence-corrected chi connectivity index (χ0v) is 16.5. The van der Waals surface area contributed by atoms with Gasteiger partial charge in [0.05, 0.1) is 12.8 Å². The highest BCUT2D eigenvalue weighted by atomic mass is 32.1. The van der Waals surface area contributed by atoms with E-state index in [-0.39, 0.29) is 18.4 Å². The Bertz CT molecular complexity index is 999. The van der Waals surface area contributed by atoms with Crippen molar-refractivity contribution >= 4 is 34.5 Å². The van der Waals surface area contributed by atoms with Crippen molar-refractivity contribution in [1.29, 1.82) is 0 Å². The smallest absolute Gasteiger partial charge is 0.255 e. The number of nitrogens with zero attached hydrogens (tertiary/aromatic N) is 2. The normalized spacial score (nSPS) is 17.1. The first-order chi connectivity index (χ1) is 13.6. The molecule has 0 N–H and O–H groups in total. The van der Waals surface area contributed by atoms with E-state index in [9.17, 15) is 9.59 Å². The van der Waals surface area contributed by atoms with Crippen LogP contribution in [-0.4, -0.2) is 25.5 Å². The molecule has 5 nitrogen and oxygen atoms in total. The Balaban J connectivity index is 1.80. The molecule has 142 valence electrons. The van der Waals surface area contributed by atoms with E-state index < -0.39 is 6.04 Å². The highest BCUT2D eigenvalue weighted by Gasteiger charge is 2.42. The first-order valence-electron chi connectivity index (χ1n) is 8.95. The maximum Gasteiger partial charge on any atom is 0.255 e. The number of para-hydroxylation sites is 2. The van der Waals surface area contributed by atoms with Crippen LogP contribution in [0, 0.1) is 6.92 Å². The van der Waals surface area contributed by atoms with E-state index in [1.807, 2.05) is 60.1 Å². The van der Waals surface area contributed by atoms with Crippen LogP contribution in [0.15, 0.2) is 65.4 Å². The number of hydrogen-bond acceptors (Lipinski definition) is 4. The highest BCUT2D eigenvalue weighted by molar-refractivity contribution is 7.08. The molecule has 28 heavy (non-hydrogen) atoms. The van der Waals surface area contributed by atoms with Crippen molar-refractivity contribution in [2.45, 2.75) is 13.0 Å². The van der Waals surface area contributed by atoms with E-state index in [1.54, 1.807) is 24.1 Å². The predicted molar refractivity (Wildman–Crippen MR) is 111 cm³/mol. The molecule has 1 fully saturated rings. The van der Waals surface area contributed by atoms with Gasteiger partial charge in [-0.3, -0.25) is 19.4 Å². The van der Waals surface area contributed by atoms with Crippen LogP contribution in [0.5, 0.6) is 5.75 Å². The second-order valence-corrected chi connectivity index (χ2v) is 7.43. The number of anilines is 2. The lowest BCUT2D eigenvalue weighted by molar-refractivity contribution is -0.128. The van der Waals surface area contributed by atoms with Crippen LogP contribution in [-0.2, 0) is 9.59 Å². The van der Waals surface area contributed by atoms with Gasteiger partial charge in [-0.1, -0.05) is 29.8 Å². The zero-order chi connectivity index (χ0) is 19.7. The second kappa shape index (κ2) is 7.48. The molecule has 3 aromatic rings. The number of benzene rings is 2. The zero-order valence-electron chi connectivity index (χ0n) is 15.7. The molecule has 0 radical (unpaired) electrons. The Morgan fingerprint density at radius 3 is 2.46 bits per heavy atom. The number of carbonyl (C=O) groups is 2. The fourth-order valence-electron chi connectivity index (χ4n) is 3.47. The molecule has 1 aliphatic heterocycles. The first kappa shape index (κ1) is 18.3. The Kier molecular flexibility index (Phi) is 4.88. The van der Waals surface area contributed by atoms with Crippen molar-refractivity contribution in [2.75, 3.05) is 23.5 Å². The maximum atomic E-state index is 13.6. The lowest BCUT2D eigenvalue weighted by atomic mass is 10.0. The lowest BCUT2D eigenvalue weighted by Gasteiger charge is -2.40. The quantitative estimate of drug-likeness (QED) is 0.669. The summed E-state index contributed by atoms with van der Waals surface area (Å²) in [5.74, 6) is 0.283. The van der Waals surface area contributed by atoms with Gasteiger partial charge in [-0.2, -0.15) is 11.3 Å². The molecule has 2 amide bonds. The Hall–Kier alpha value is -3.12. The second-order valence-electron chi connectivity index (χ2n) is 6.65. The predicted octanol–water partition coefficient (Wildman–Crippen LogP) is 4.19. The number of thiophene rings is 1. The number of ether oxygens (including phenoxy) is 1. The summed E-state index contributed by atoms with van der Waals surface area (Å²) in [6.45, 7) is 1.96. The molecule has 0 spiro atoms. The SMILES string of the molecule is COc1ccccc1N1CC(=O)N(c2ccc(C)cc2)[C@H](c2ccsc2)C1=O. The van der Waals surface area contributed by atoms with Gasteiger partial charge in [0, 0.05) is 5.69 Å². The van der Waals surface area contributed by atoms with Gasteiger partial charge in [-0.05, 0) is 53.6 Å². The van der Waals surface area contributed by atoms with Crippen LogP contribution in [0.1, 0.15) is 17.2 Å². The van der Waals surface area contributed by atoms with E-state index in [1.165, 1.54) is 16.2 Å². The summed E-state index contributed by atoms with van der Waals surface area (Å²) in [4.78, 5) is 29.9. The van der Waals surface area contributed by atoms with Crippen LogP contribution < -0.4 is 14.5 Å². The van der Waals surface area contributed by atoms with Crippen LogP contribution in [0.3, 0.4) is 0 Å². The molecule has 0 aliphatic carbocycles. The van der Waals surface area contributed by atoms with Gasteiger partial charge in [0.25, 0.3) is 5.91 Å². The molecule has 4 rings (SSSR count). The third kappa shape index (κ3) is 3.16. The van der Waals surface area contributed by atoms with E-state index in [4.69, 9.17) is 4.74 Å². The number of amides is 2. The van der Waals surface area contributed by atoms with Crippen LogP contribution in [0.2, 0.25) is 0 Å². The number of piperazine rings is 1. The average Bonchev–Trinajstić information content (AvgIpc) is 3.24. The molecule has 2 aromatic carbocycles. The largest absolute Gasteiger partial charge is 0.495 e. The van der Waals surface area contributed by atoms with Gasteiger partial charge in [0.1, 0.15) is 18.3 Å². The van der Waals surface area contributed by atoms with Crippen LogP contribution in [0.4, 0.5) is 11.4 Å². The van der Waals surface area contributed by atoms with Gasteiger partial charge in [0.2, 0.25) is 5.91 Å². The topological polar surface area (TPSA) is 49.9 Å². The monoisotopic (exact) mass is 392 g/mol. The van der Waals surface area contributed by atoms with Crippen molar-refractivity contribution in [3.63, 3.8) is 0 Å². The molecular weight excluding hydrogens is 372 g/mol. The van der Waals surface area contributed by atoms with Gasteiger partial charge in [-0.25, -0.2) is 0 Å². The summed E-state index contributed by atoms with van der Waals surface area (Å²) >= 11 is 1.51. The van der Waals surface area contributed by atoms with Crippen molar-refractivity contribution in [2.24, 2.45) is 0 Å². The molecular formula is C22H20N2O3S. The summed E-state index contributed by atoms with van der Waals surface area (Å²) in [6.07, 6.45) is 0. The third-order valence-electron chi connectivity index (χ3n) is 4.87. The summed E-state index contributed by atoms with van der Waals surface area (Å²) < 4.78 is 5.42. The molecule has 2 heterocycles. The minimum absolute atomic E-state index is 0.0340. The van der Waals surface area contributed by atoms with Crippen molar-refractivity contribution < 1.29 is 14.3 Å². The maximum absolute atomic E-state index is 13.6. The summed E-state index contributed by atoms with van der Waals surface area (Å²) in [5, 5.41) is 3.84. The molecule has 0 unspecified atom stereocenters. The van der Waals surface area contributed by atoms with Gasteiger partial charge in [0.15, 0.2) is 0 Å². The molecule has 6 heteroatoms. The number of aryl methyl sites for hydroxylation is 1. The number of methoxy groups -OCH3 is 1.